The van der Waals surface area contributed by atoms with Crippen LogP contribution in [0.1, 0.15) is 52.6 Å². The third-order valence-electron chi connectivity index (χ3n) is 4.54. The van der Waals surface area contributed by atoms with Crippen LogP contribution in [0, 0.1) is 0 Å². The van der Waals surface area contributed by atoms with Crippen LogP contribution < -0.4 is 11.3 Å². The van der Waals surface area contributed by atoms with E-state index in [1.165, 1.54) is 11.0 Å². The predicted octanol–water partition coefficient (Wildman–Crippen LogP) is 2.27. The average molecular weight is 415 g/mol. The Balaban J connectivity index is 2.09. The van der Waals surface area contributed by atoms with E-state index in [0.717, 1.165) is 5.56 Å². The Kier molecular flexibility index (Phi) is 5.03. The summed E-state index contributed by atoms with van der Waals surface area (Å²) in [5.74, 6) is -3.50. The van der Waals surface area contributed by atoms with Crippen molar-refractivity contribution in [2.75, 3.05) is 5.73 Å². The van der Waals surface area contributed by atoms with E-state index >= 15 is 0 Å². The molecule has 1 aliphatic heterocycles. The number of rotatable bonds is 3. The maximum Gasteiger partial charge on any atom is 0.410 e. The number of ether oxygens (including phenoxy) is 1. The Morgan fingerprint density at radius 2 is 1.67 bits per heavy atom. The summed E-state index contributed by atoms with van der Waals surface area (Å²) in [6.07, 6.45) is -0.502. The standard InChI is InChI=1S/C20H21N3O7/c1-20(2,3)30-19(29)23-7-10-5-4-9(6-11(10)8-23)12-13(17(25)26)15(21)22-16(24)14(12)18(27)28/h4-6H,7-8H2,1-3H3,(H,25,26)(H,27,28)(H3,21,22,24). The third-order valence-corrected chi connectivity index (χ3v) is 4.54. The number of carbonyl (C=O) groups excluding carboxylic acids is 1. The number of nitrogens with zero attached hydrogens (tertiary/aromatic N) is 1. The summed E-state index contributed by atoms with van der Waals surface area (Å²) < 4.78 is 5.37. The highest BCUT2D eigenvalue weighted by Gasteiger charge is 2.30. The van der Waals surface area contributed by atoms with Crippen LogP contribution >= 0.6 is 0 Å². The molecule has 2 aromatic rings. The van der Waals surface area contributed by atoms with E-state index in [4.69, 9.17) is 10.5 Å². The predicted molar refractivity (Wildman–Crippen MR) is 106 cm³/mol. The molecule has 0 atom stereocenters. The van der Waals surface area contributed by atoms with Crippen LogP contribution in [0.4, 0.5) is 10.6 Å². The molecule has 0 fully saturated rings. The molecular formula is C20H21N3O7. The summed E-state index contributed by atoms with van der Waals surface area (Å²) in [6.45, 7) is 5.75. The molecule has 3 rings (SSSR count). The second kappa shape index (κ2) is 7.21. The Morgan fingerprint density at radius 3 is 2.23 bits per heavy atom. The highest BCUT2D eigenvalue weighted by atomic mass is 16.6. The number of hydrogen-bond donors (Lipinski definition) is 4. The molecule has 1 aliphatic rings. The highest BCUT2D eigenvalue weighted by Crippen LogP contribution is 2.33. The van der Waals surface area contributed by atoms with E-state index in [1.807, 2.05) is 0 Å². The van der Waals surface area contributed by atoms with Gasteiger partial charge in [-0.1, -0.05) is 12.1 Å². The number of aromatic nitrogens is 1. The summed E-state index contributed by atoms with van der Waals surface area (Å²) in [5, 5.41) is 19.1. The average Bonchev–Trinajstić information content (AvgIpc) is 3.02. The number of nitrogens with one attached hydrogen (secondary N) is 1. The van der Waals surface area contributed by atoms with Crippen molar-refractivity contribution in [3.63, 3.8) is 0 Å². The van der Waals surface area contributed by atoms with Crippen molar-refractivity contribution in [3.05, 3.63) is 50.8 Å². The van der Waals surface area contributed by atoms with Gasteiger partial charge in [0.25, 0.3) is 5.56 Å². The molecule has 0 saturated carbocycles. The number of fused-ring (bicyclic) bond motifs is 1. The van der Waals surface area contributed by atoms with Gasteiger partial charge in [0.15, 0.2) is 0 Å². The number of nitrogens with two attached hydrogens (primary N) is 1. The number of amides is 1. The minimum absolute atomic E-state index is 0.196. The summed E-state index contributed by atoms with van der Waals surface area (Å²) >= 11 is 0. The van der Waals surface area contributed by atoms with Crippen molar-refractivity contribution >= 4 is 23.8 Å². The van der Waals surface area contributed by atoms with Gasteiger partial charge in [0.2, 0.25) is 0 Å². The van der Waals surface area contributed by atoms with Crippen LogP contribution in [-0.4, -0.2) is 43.7 Å². The molecule has 10 heteroatoms. The zero-order valence-electron chi connectivity index (χ0n) is 16.6. The zero-order chi connectivity index (χ0) is 22.4. The summed E-state index contributed by atoms with van der Waals surface area (Å²) in [6, 6.07) is 4.72. The molecule has 2 heterocycles. The summed E-state index contributed by atoms with van der Waals surface area (Å²) in [5.41, 5.74) is 4.18. The Morgan fingerprint density at radius 1 is 1.07 bits per heavy atom. The highest BCUT2D eigenvalue weighted by molar-refractivity contribution is 6.07. The van der Waals surface area contributed by atoms with Crippen molar-refractivity contribution in [2.45, 2.75) is 39.5 Å². The number of carboxylic acids is 2. The van der Waals surface area contributed by atoms with Crippen LogP contribution in [0.15, 0.2) is 23.0 Å². The van der Waals surface area contributed by atoms with Crippen molar-refractivity contribution in [3.8, 4) is 11.1 Å². The van der Waals surface area contributed by atoms with E-state index in [2.05, 4.69) is 4.98 Å². The van der Waals surface area contributed by atoms with Crippen LogP contribution in [0.25, 0.3) is 11.1 Å². The molecule has 1 aromatic carbocycles. The van der Waals surface area contributed by atoms with Gasteiger partial charge in [0.1, 0.15) is 22.5 Å². The van der Waals surface area contributed by atoms with Gasteiger partial charge >= 0.3 is 18.0 Å². The molecule has 1 amide bonds. The fraction of sp³-hybridized carbons (Fsp3) is 0.300. The lowest BCUT2D eigenvalue weighted by atomic mass is 9.93. The Bertz CT molecular complexity index is 1130. The lowest BCUT2D eigenvalue weighted by Crippen LogP contribution is -2.33. The molecule has 0 aliphatic carbocycles. The minimum Gasteiger partial charge on any atom is -0.478 e. The topological polar surface area (TPSA) is 163 Å². The van der Waals surface area contributed by atoms with Gasteiger partial charge < -0.3 is 25.7 Å². The lowest BCUT2D eigenvalue weighted by Gasteiger charge is -2.24. The van der Waals surface area contributed by atoms with E-state index in [1.54, 1.807) is 32.9 Å². The lowest BCUT2D eigenvalue weighted by molar-refractivity contribution is 0.0241. The first kappa shape index (κ1) is 20.9. The Labute approximate surface area is 170 Å². The van der Waals surface area contributed by atoms with Gasteiger partial charge in [0.05, 0.1) is 0 Å². The number of aromatic carboxylic acids is 2. The summed E-state index contributed by atoms with van der Waals surface area (Å²) in [7, 11) is 0. The number of nitrogen functional groups attached to an aromatic ring is 1. The molecule has 0 spiro atoms. The first-order valence-electron chi connectivity index (χ1n) is 9.01. The SMILES string of the molecule is CC(C)(C)OC(=O)N1Cc2ccc(-c3c(C(=O)O)c(N)[nH]c(=O)c3C(=O)O)cc2C1. The molecular weight excluding hydrogens is 394 g/mol. The number of benzene rings is 1. The number of carboxylic acid groups (broad SMARTS) is 2. The third kappa shape index (κ3) is 3.84. The number of pyridine rings is 1. The Hall–Kier alpha value is -3.82. The van der Waals surface area contributed by atoms with Gasteiger partial charge in [-0.3, -0.25) is 9.69 Å². The maximum absolute atomic E-state index is 12.3. The normalized spacial score (nSPS) is 13.1. The fourth-order valence-corrected chi connectivity index (χ4v) is 3.34. The zero-order valence-corrected chi connectivity index (χ0v) is 16.6. The van der Waals surface area contributed by atoms with Crippen LogP contribution in [-0.2, 0) is 17.8 Å². The number of carbonyl (C=O) groups is 3. The smallest absolute Gasteiger partial charge is 0.410 e. The number of H-pyrrole nitrogens is 1. The molecule has 0 saturated heterocycles. The quantitative estimate of drug-likeness (QED) is 0.593. The van der Waals surface area contributed by atoms with Crippen molar-refractivity contribution in [1.82, 2.24) is 9.88 Å². The van der Waals surface area contributed by atoms with E-state index in [-0.39, 0.29) is 17.7 Å². The second-order valence-corrected chi connectivity index (χ2v) is 7.92. The second-order valence-electron chi connectivity index (χ2n) is 7.92. The minimum atomic E-state index is -1.58. The number of hydrogen-bond acceptors (Lipinski definition) is 6. The molecule has 0 bridgehead atoms. The van der Waals surface area contributed by atoms with Gasteiger partial charge in [-0.05, 0) is 43.5 Å². The monoisotopic (exact) mass is 415 g/mol. The van der Waals surface area contributed by atoms with Gasteiger partial charge in [-0.15, -0.1) is 0 Å². The summed E-state index contributed by atoms with van der Waals surface area (Å²) in [4.78, 5) is 51.5. The van der Waals surface area contributed by atoms with Crippen molar-refractivity contribution < 1.29 is 29.3 Å². The van der Waals surface area contributed by atoms with Gasteiger partial charge in [-0.25, -0.2) is 14.4 Å². The molecule has 10 nitrogen and oxygen atoms in total. The van der Waals surface area contributed by atoms with Crippen LogP contribution in [0.2, 0.25) is 0 Å². The number of anilines is 1. The molecule has 158 valence electrons. The molecule has 30 heavy (non-hydrogen) atoms. The first-order chi connectivity index (χ1) is 13.9. The molecule has 5 N–H and O–H groups in total. The number of aromatic amines is 1. The largest absolute Gasteiger partial charge is 0.478 e. The van der Waals surface area contributed by atoms with E-state index in [9.17, 15) is 29.4 Å². The van der Waals surface area contributed by atoms with Crippen LogP contribution in [0.5, 0.6) is 0 Å². The molecule has 1 aromatic heterocycles. The first-order valence-corrected chi connectivity index (χ1v) is 9.01. The van der Waals surface area contributed by atoms with Gasteiger partial charge in [0, 0.05) is 18.7 Å². The maximum atomic E-state index is 12.3. The fourth-order valence-electron chi connectivity index (χ4n) is 3.34. The van der Waals surface area contributed by atoms with Crippen LogP contribution in [0.3, 0.4) is 0 Å². The van der Waals surface area contributed by atoms with Gasteiger partial charge in [-0.2, -0.15) is 0 Å². The van der Waals surface area contributed by atoms with Crippen molar-refractivity contribution in [1.29, 1.82) is 0 Å². The van der Waals surface area contributed by atoms with E-state index in [0.29, 0.717) is 12.1 Å². The molecule has 0 radical (unpaired) electrons. The van der Waals surface area contributed by atoms with Crippen molar-refractivity contribution in [2.24, 2.45) is 0 Å². The van der Waals surface area contributed by atoms with E-state index < -0.39 is 46.1 Å². The molecule has 0 unspecified atom stereocenters.